The van der Waals surface area contributed by atoms with Gasteiger partial charge in [-0.1, -0.05) is 49.3 Å². The molecule has 2 nitrogen and oxygen atoms in total. The lowest BCUT2D eigenvalue weighted by molar-refractivity contribution is 0.414. The average molecular weight is 289 g/mol. The molecular weight excluding hydrogens is 269 g/mol. The van der Waals surface area contributed by atoms with Gasteiger partial charge in [-0.15, -0.1) is 6.58 Å². The van der Waals surface area contributed by atoms with Crippen LogP contribution in [0.1, 0.15) is 11.1 Å². The van der Waals surface area contributed by atoms with Gasteiger partial charge in [0.2, 0.25) is 0 Å². The Labute approximate surface area is 132 Å². The summed E-state index contributed by atoms with van der Waals surface area (Å²) < 4.78 is 5.37. The first-order valence-electron chi connectivity index (χ1n) is 7.57. The highest BCUT2D eigenvalue weighted by atomic mass is 16.5. The quantitative estimate of drug-likeness (QED) is 0.611. The highest BCUT2D eigenvalue weighted by Gasteiger charge is 2.28. The van der Waals surface area contributed by atoms with Gasteiger partial charge in [-0.2, -0.15) is 0 Å². The van der Waals surface area contributed by atoms with Crippen molar-refractivity contribution in [2.45, 2.75) is 6.82 Å². The van der Waals surface area contributed by atoms with E-state index in [0.717, 1.165) is 12.3 Å². The molecule has 1 heterocycles. The van der Waals surface area contributed by atoms with Crippen LogP contribution in [0.3, 0.4) is 0 Å². The maximum Gasteiger partial charge on any atom is 0.286 e. The number of ether oxygens (including phenoxy) is 1. The number of anilines is 1. The highest BCUT2D eigenvalue weighted by Crippen LogP contribution is 2.35. The van der Waals surface area contributed by atoms with Crippen LogP contribution in [0.5, 0.6) is 5.75 Å². The van der Waals surface area contributed by atoms with Crippen LogP contribution in [0.4, 0.5) is 5.69 Å². The number of nitrogens with zero attached hydrogens (tertiary/aromatic N) is 1. The number of fused-ring (bicyclic) bond motifs is 1. The summed E-state index contributed by atoms with van der Waals surface area (Å²) in [5.41, 5.74) is 5.02. The molecule has 0 atom stereocenters. The van der Waals surface area contributed by atoms with E-state index in [4.69, 9.17) is 4.74 Å². The Morgan fingerprint density at radius 3 is 2.77 bits per heavy atom. The topological polar surface area (TPSA) is 12.5 Å². The monoisotopic (exact) mass is 289 g/mol. The van der Waals surface area contributed by atoms with Gasteiger partial charge in [0.1, 0.15) is 5.75 Å². The van der Waals surface area contributed by atoms with Gasteiger partial charge in [-0.05, 0) is 34.8 Å². The molecule has 2 aromatic carbocycles. The van der Waals surface area contributed by atoms with Crippen molar-refractivity contribution in [1.29, 1.82) is 0 Å². The van der Waals surface area contributed by atoms with Gasteiger partial charge < -0.3 is 9.55 Å². The summed E-state index contributed by atoms with van der Waals surface area (Å²) in [5.74, 6) is 0.889. The third-order valence-corrected chi connectivity index (χ3v) is 4.20. The smallest absolute Gasteiger partial charge is 0.286 e. The van der Waals surface area contributed by atoms with Gasteiger partial charge in [0.25, 0.3) is 6.85 Å². The zero-order valence-electron chi connectivity index (χ0n) is 13.1. The molecule has 1 aliphatic rings. The second-order valence-corrected chi connectivity index (χ2v) is 5.51. The minimum absolute atomic E-state index is 0.292. The molecular formula is C19H20BNO. The van der Waals surface area contributed by atoms with Gasteiger partial charge in [0, 0.05) is 12.2 Å². The Morgan fingerprint density at radius 2 is 2.00 bits per heavy atom. The van der Waals surface area contributed by atoms with Gasteiger partial charge in [0.15, 0.2) is 0 Å². The minimum atomic E-state index is 0.292. The Morgan fingerprint density at radius 1 is 1.18 bits per heavy atom. The number of benzene rings is 2. The van der Waals surface area contributed by atoms with Crippen LogP contribution in [-0.4, -0.2) is 20.5 Å². The summed E-state index contributed by atoms with van der Waals surface area (Å²) in [7, 11) is 1.71. The molecule has 3 heteroatoms. The number of methoxy groups -OCH3 is 1. The molecule has 0 aromatic heterocycles. The van der Waals surface area contributed by atoms with Crippen LogP contribution in [-0.2, 0) is 0 Å². The number of hydrogen-bond donors (Lipinski definition) is 0. The fourth-order valence-corrected chi connectivity index (χ4v) is 3.06. The third kappa shape index (κ3) is 2.55. The molecule has 22 heavy (non-hydrogen) atoms. The number of hydrogen-bond acceptors (Lipinski definition) is 2. The Balaban J connectivity index is 2.11. The zero-order chi connectivity index (χ0) is 15.5. The van der Waals surface area contributed by atoms with E-state index in [1.54, 1.807) is 7.11 Å². The second-order valence-electron chi connectivity index (χ2n) is 5.51. The minimum Gasteiger partial charge on any atom is -0.497 e. The van der Waals surface area contributed by atoms with E-state index in [0.29, 0.717) is 6.85 Å². The number of para-hydroxylation sites is 1. The Kier molecular flexibility index (Phi) is 4.05. The molecule has 0 radical (unpaired) electrons. The van der Waals surface area contributed by atoms with Crippen molar-refractivity contribution in [3.05, 3.63) is 72.3 Å². The molecule has 2 aromatic rings. The van der Waals surface area contributed by atoms with Crippen LogP contribution in [0, 0.1) is 0 Å². The van der Waals surface area contributed by atoms with Crippen LogP contribution in [0.2, 0.25) is 6.82 Å². The Bertz CT molecular complexity index is 723. The molecule has 0 unspecified atom stereocenters. The maximum atomic E-state index is 5.37. The summed E-state index contributed by atoms with van der Waals surface area (Å²) in [6, 6.07) is 16.8. The lowest BCUT2D eigenvalue weighted by Crippen LogP contribution is -2.40. The average Bonchev–Trinajstić information content (AvgIpc) is 2.57. The van der Waals surface area contributed by atoms with Crippen LogP contribution < -0.4 is 9.55 Å². The van der Waals surface area contributed by atoms with Crippen molar-refractivity contribution in [2.75, 3.05) is 18.5 Å². The predicted molar refractivity (Wildman–Crippen MR) is 96.5 cm³/mol. The summed E-state index contributed by atoms with van der Waals surface area (Å²) in [6.07, 6.45) is 4.25. The van der Waals surface area contributed by atoms with E-state index >= 15 is 0 Å². The fourth-order valence-electron chi connectivity index (χ4n) is 3.06. The first kappa shape index (κ1) is 14.5. The SMILES string of the molecule is C=CCN1B(C)C(c2cccc(OC)c2)=Cc2ccccc21. The third-order valence-electron chi connectivity index (χ3n) is 4.20. The van der Waals surface area contributed by atoms with Crippen molar-refractivity contribution >= 4 is 24.1 Å². The predicted octanol–water partition coefficient (Wildman–Crippen LogP) is 4.40. The van der Waals surface area contributed by atoms with E-state index in [1.807, 2.05) is 18.2 Å². The van der Waals surface area contributed by atoms with Crippen molar-refractivity contribution in [2.24, 2.45) is 0 Å². The lowest BCUT2D eigenvalue weighted by atomic mass is 9.51. The zero-order valence-corrected chi connectivity index (χ0v) is 13.1. The molecule has 0 spiro atoms. The molecule has 0 amide bonds. The molecule has 0 N–H and O–H groups in total. The number of rotatable bonds is 4. The molecule has 0 saturated heterocycles. The standard InChI is InChI=1S/C19H20BNO/c1-4-12-21-19-11-6-5-8-16(19)14-18(20(21)2)15-9-7-10-17(13-15)22-3/h4-11,13-14H,1,12H2,2-3H3. The normalized spacial score (nSPS) is 13.5. The van der Waals surface area contributed by atoms with Crippen molar-refractivity contribution in [1.82, 2.24) is 0 Å². The molecule has 0 saturated carbocycles. The maximum absolute atomic E-state index is 5.37. The van der Waals surface area contributed by atoms with E-state index in [9.17, 15) is 0 Å². The molecule has 0 fully saturated rings. The van der Waals surface area contributed by atoms with Crippen molar-refractivity contribution in [3.63, 3.8) is 0 Å². The van der Waals surface area contributed by atoms with Gasteiger partial charge in [-0.25, -0.2) is 0 Å². The second kappa shape index (κ2) is 6.14. The van der Waals surface area contributed by atoms with Gasteiger partial charge in [-0.3, -0.25) is 0 Å². The molecule has 110 valence electrons. The highest BCUT2D eigenvalue weighted by molar-refractivity contribution is 6.83. The molecule has 3 rings (SSSR count). The fraction of sp³-hybridized carbons (Fsp3) is 0.158. The largest absolute Gasteiger partial charge is 0.497 e. The Hall–Kier alpha value is -2.42. The van der Waals surface area contributed by atoms with Crippen molar-refractivity contribution < 1.29 is 4.74 Å². The van der Waals surface area contributed by atoms with Crippen LogP contribution >= 0.6 is 0 Å². The summed E-state index contributed by atoms with van der Waals surface area (Å²) in [5, 5.41) is 0. The van der Waals surface area contributed by atoms with Gasteiger partial charge >= 0.3 is 0 Å². The van der Waals surface area contributed by atoms with Crippen LogP contribution in [0.25, 0.3) is 11.5 Å². The molecule has 1 aliphatic heterocycles. The van der Waals surface area contributed by atoms with Gasteiger partial charge in [0.05, 0.1) is 7.11 Å². The van der Waals surface area contributed by atoms with E-state index < -0.39 is 0 Å². The molecule has 0 aliphatic carbocycles. The molecule has 0 bridgehead atoms. The summed E-state index contributed by atoms with van der Waals surface area (Å²) in [6.45, 7) is 7.27. The van der Waals surface area contributed by atoms with E-state index in [1.165, 1.54) is 22.3 Å². The van der Waals surface area contributed by atoms with Crippen molar-refractivity contribution in [3.8, 4) is 5.75 Å². The first-order valence-corrected chi connectivity index (χ1v) is 7.57. The summed E-state index contributed by atoms with van der Waals surface area (Å²) in [4.78, 5) is 2.39. The van der Waals surface area contributed by atoms with E-state index in [-0.39, 0.29) is 0 Å². The lowest BCUT2D eigenvalue weighted by Gasteiger charge is -2.35. The summed E-state index contributed by atoms with van der Waals surface area (Å²) >= 11 is 0. The van der Waals surface area contributed by atoms with E-state index in [2.05, 4.69) is 60.7 Å². The first-order chi connectivity index (χ1) is 10.7. The van der Waals surface area contributed by atoms with Crippen LogP contribution in [0.15, 0.2) is 61.2 Å².